The maximum Gasteiger partial charge on any atom is 0.224 e. The molecule has 0 saturated heterocycles. The zero-order valence-electron chi connectivity index (χ0n) is 15.4. The molecule has 0 radical (unpaired) electrons. The molecule has 0 aliphatic carbocycles. The number of carbonyl (C=O) groups is 1. The van der Waals surface area contributed by atoms with Crippen molar-refractivity contribution in [2.24, 2.45) is 0 Å². The van der Waals surface area contributed by atoms with Crippen LogP contribution in [0.4, 0.5) is 5.69 Å². The van der Waals surface area contributed by atoms with Crippen molar-refractivity contribution in [2.75, 3.05) is 11.9 Å². The molecule has 1 N–H and O–H groups in total. The number of anilines is 1. The van der Waals surface area contributed by atoms with Gasteiger partial charge in [0.25, 0.3) is 0 Å². The first-order valence-corrected chi connectivity index (χ1v) is 9.04. The van der Waals surface area contributed by atoms with Crippen molar-refractivity contribution in [2.45, 2.75) is 46.5 Å². The summed E-state index contributed by atoms with van der Waals surface area (Å²) in [4.78, 5) is 12.0. The fraction of sp³-hybridized carbons (Fsp3) is 0.381. The molecule has 0 bridgehead atoms. The number of aryl methyl sites for hydroxylation is 2. The van der Waals surface area contributed by atoms with Crippen LogP contribution in [0.2, 0.25) is 5.02 Å². The summed E-state index contributed by atoms with van der Waals surface area (Å²) in [5.41, 5.74) is 4.33. The number of carbonyl (C=O) groups excluding carboxylic acids is 1. The van der Waals surface area contributed by atoms with Crippen LogP contribution in [-0.4, -0.2) is 12.5 Å². The van der Waals surface area contributed by atoms with Gasteiger partial charge in [-0.2, -0.15) is 0 Å². The Kier molecular flexibility index (Phi) is 6.89. The number of benzene rings is 2. The highest BCUT2D eigenvalue weighted by atomic mass is 35.5. The molecule has 2 aromatic rings. The van der Waals surface area contributed by atoms with Crippen LogP contribution >= 0.6 is 11.6 Å². The Hall–Kier alpha value is -2.00. The van der Waals surface area contributed by atoms with E-state index in [9.17, 15) is 4.79 Å². The summed E-state index contributed by atoms with van der Waals surface area (Å²) in [6, 6.07) is 11.6. The number of ether oxygens (including phenoxy) is 1. The third-order valence-electron chi connectivity index (χ3n) is 4.14. The van der Waals surface area contributed by atoms with Crippen LogP contribution in [0.1, 0.15) is 49.3 Å². The smallest absolute Gasteiger partial charge is 0.224 e. The average Bonchev–Trinajstić information content (AvgIpc) is 2.54. The van der Waals surface area contributed by atoms with Crippen molar-refractivity contribution in [3.05, 3.63) is 58.1 Å². The molecule has 0 aromatic heterocycles. The molecule has 1 amide bonds. The second kappa shape index (κ2) is 8.91. The molecular formula is C21H26ClNO2. The molecule has 0 atom stereocenters. The predicted molar refractivity (Wildman–Crippen MR) is 105 cm³/mol. The maximum atomic E-state index is 12.0. The van der Waals surface area contributed by atoms with Gasteiger partial charge in [-0.05, 0) is 73.2 Å². The van der Waals surface area contributed by atoms with E-state index in [1.807, 2.05) is 25.1 Å². The minimum Gasteiger partial charge on any atom is -0.494 e. The Labute approximate surface area is 155 Å². The largest absolute Gasteiger partial charge is 0.494 e. The summed E-state index contributed by atoms with van der Waals surface area (Å²) in [6.45, 7) is 8.92. The van der Waals surface area contributed by atoms with E-state index in [1.54, 1.807) is 6.07 Å². The van der Waals surface area contributed by atoms with Gasteiger partial charge in [-0.25, -0.2) is 0 Å². The van der Waals surface area contributed by atoms with Gasteiger partial charge >= 0.3 is 0 Å². The highest BCUT2D eigenvalue weighted by molar-refractivity contribution is 6.30. The first kappa shape index (κ1) is 19.3. The zero-order valence-corrected chi connectivity index (χ0v) is 16.1. The third kappa shape index (κ3) is 5.79. The fourth-order valence-electron chi connectivity index (χ4n) is 2.79. The van der Waals surface area contributed by atoms with E-state index in [1.165, 1.54) is 11.1 Å². The molecule has 0 aliphatic rings. The normalized spacial score (nSPS) is 10.8. The van der Waals surface area contributed by atoms with Crippen LogP contribution in [-0.2, 0) is 4.79 Å². The lowest BCUT2D eigenvalue weighted by atomic mass is 9.98. The molecule has 4 heteroatoms. The van der Waals surface area contributed by atoms with Crippen LogP contribution in [0.15, 0.2) is 36.4 Å². The monoisotopic (exact) mass is 359 g/mol. The third-order valence-corrected chi connectivity index (χ3v) is 4.38. The van der Waals surface area contributed by atoms with Gasteiger partial charge in [0.05, 0.1) is 6.61 Å². The SMILES string of the molecule is Cc1cc(Cl)ccc1NC(=O)CCCOc1ccc(C(C)C)c(C)c1. The summed E-state index contributed by atoms with van der Waals surface area (Å²) in [7, 11) is 0. The first-order valence-electron chi connectivity index (χ1n) is 8.66. The van der Waals surface area contributed by atoms with Crippen molar-refractivity contribution in [3.63, 3.8) is 0 Å². The highest BCUT2D eigenvalue weighted by Gasteiger charge is 2.07. The van der Waals surface area contributed by atoms with E-state index in [0.717, 1.165) is 17.0 Å². The molecule has 0 saturated carbocycles. The molecule has 2 rings (SSSR count). The Morgan fingerprint density at radius 1 is 1.12 bits per heavy atom. The first-order chi connectivity index (χ1) is 11.9. The van der Waals surface area contributed by atoms with Crippen molar-refractivity contribution in [3.8, 4) is 5.75 Å². The molecule has 0 fully saturated rings. The van der Waals surface area contributed by atoms with Crippen molar-refractivity contribution < 1.29 is 9.53 Å². The van der Waals surface area contributed by atoms with E-state index >= 15 is 0 Å². The second-order valence-electron chi connectivity index (χ2n) is 6.63. The highest BCUT2D eigenvalue weighted by Crippen LogP contribution is 2.24. The Morgan fingerprint density at radius 2 is 1.88 bits per heavy atom. The van der Waals surface area contributed by atoms with Gasteiger partial charge in [-0.3, -0.25) is 4.79 Å². The summed E-state index contributed by atoms with van der Waals surface area (Å²) in [5, 5.41) is 3.58. The summed E-state index contributed by atoms with van der Waals surface area (Å²) < 4.78 is 5.76. The van der Waals surface area contributed by atoms with Crippen molar-refractivity contribution >= 4 is 23.2 Å². The van der Waals surface area contributed by atoms with Gasteiger partial charge in [0.2, 0.25) is 5.91 Å². The quantitative estimate of drug-likeness (QED) is 0.627. The minimum atomic E-state index is -0.0136. The summed E-state index contributed by atoms with van der Waals surface area (Å²) >= 11 is 5.92. The van der Waals surface area contributed by atoms with E-state index in [-0.39, 0.29) is 5.91 Å². The summed E-state index contributed by atoms with van der Waals surface area (Å²) in [5.74, 6) is 1.35. The Morgan fingerprint density at radius 3 is 2.52 bits per heavy atom. The molecule has 25 heavy (non-hydrogen) atoms. The molecule has 0 spiro atoms. The number of nitrogens with one attached hydrogen (secondary N) is 1. The summed E-state index contributed by atoms with van der Waals surface area (Å²) in [6.07, 6.45) is 1.09. The standard InChI is InChI=1S/C21H26ClNO2/c1-14(2)19-9-8-18(13-15(19)3)25-11-5-6-21(24)23-20-10-7-17(22)12-16(20)4/h7-10,12-14H,5-6,11H2,1-4H3,(H,23,24). The maximum absolute atomic E-state index is 12.0. The van der Waals surface area contributed by atoms with Gasteiger partial charge in [0.1, 0.15) is 5.75 Å². The zero-order chi connectivity index (χ0) is 18.4. The molecule has 134 valence electrons. The van der Waals surface area contributed by atoms with E-state index in [2.05, 4.69) is 38.2 Å². The number of hydrogen-bond donors (Lipinski definition) is 1. The predicted octanol–water partition coefficient (Wildman–Crippen LogP) is 5.88. The van der Waals surface area contributed by atoms with Crippen LogP contribution in [0.3, 0.4) is 0 Å². The fourth-order valence-corrected chi connectivity index (χ4v) is 3.02. The average molecular weight is 360 g/mol. The minimum absolute atomic E-state index is 0.0136. The lowest BCUT2D eigenvalue weighted by Gasteiger charge is -2.12. The van der Waals surface area contributed by atoms with Gasteiger partial charge in [0.15, 0.2) is 0 Å². The molecular weight excluding hydrogens is 334 g/mol. The Bertz CT molecular complexity index is 741. The van der Waals surface area contributed by atoms with E-state index < -0.39 is 0 Å². The van der Waals surface area contributed by atoms with Crippen LogP contribution < -0.4 is 10.1 Å². The topological polar surface area (TPSA) is 38.3 Å². The number of hydrogen-bond acceptors (Lipinski definition) is 2. The lowest BCUT2D eigenvalue weighted by Crippen LogP contribution is -2.13. The van der Waals surface area contributed by atoms with E-state index in [4.69, 9.17) is 16.3 Å². The molecule has 2 aromatic carbocycles. The molecule has 3 nitrogen and oxygen atoms in total. The van der Waals surface area contributed by atoms with E-state index in [0.29, 0.717) is 30.4 Å². The van der Waals surface area contributed by atoms with Crippen LogP contribution in [0, 0.1) is 13.8 Å². The molecule has 0 aliphatic heterocycles. The van der Waals surface area contributed by atoms with Gasteiger partial charge in [-0.1, -0.05) is 31.5 Å². The Balaban J connectivity index is 1.77. The molecule has 0 unspecified atom stereocenters. The van der Waals surface area contributed by atoms with Gasteiger partial charge < -0.3 is 10.1 Å². The van der Waals surface area contributed by atoms with Gasteiger partial charge in [-0.15, -0.1) is 0 Å². The lowest BCUT2D eigenvalue weighted by molar-refractivity contribution is -0.116. The van der Waals surface area contributed by atoms with Crippen LogP contribution in [0.25, 0.3) is 0 Å². The van der Waals surface area contributed by atoms with Crippen LogP contribution in [0.5, 0.6) is 5.75 Å². The number of rotatable bonds is 7. The number of halogens is 1. The van der Waals surface area contributed by atoms with Gasteiger partial charge in [0, 0.05) is 17.1 Å². The number of amides is 1. The molecule has 0 heterocycles. The van der Waals surface area contributed by atoms with Crippen molar-refractivity contribution in [1.82, 2.24) is 0 Å². The van der Waals surface area contributed by atoms with Crippen molar-refractivity contribution in [1.29, 1.82) is 0 Å². The second-order valence-corrected chi connectivity index (χ2v) is 7.07.